The fourth-order valence-corrected chi connectivity index (χ4v) is 3.49. The molecule has 0 spiro atoms. The van der Waals surface area contributed by atoms with E-state index in [9.17, 15) is 13.2 Å². The molecule has 110 valence electrons. The van der Waals surface area contributed by atoms with Gasteiger partial charge in [-0.1, -0.05) is 0 Å². The third-order valence-corrected chi connectivity index (χ3v) is 4.97. The lowest BCUT2D eigenvalue weighted by atomic mass is 10.3. The number of hydrazine groups is 1. The fraction of sp³-hybridized carbons (Fsp3) is 0.417. The minimum absolute atomic E-state index is 0.214. The van der Waals surface area contributed by atoms with Crippen LogP contribution in [0.4, 0.5) is 0 Å². The number of amides is 1. The lowest BCUT2D eigenvalue weighted by Gasteiger charge is -2.15. The van der Waals surface area contributed by atoms with Gasteiger partial charge >= 0.3 is 0 Å². The molecule has 0 radical (unpaired) electrons. The monoisotopic (exact) mass is 299 g/mol. The van der Waals surface area contributed by atoms with Crippen LogP contribution in [0.2, 0.25) is 0 Å². The molecular weight excluding hydrogens is 282 g/mol. The van der Waals surface area contributed by atoms with Crippen LogP contribution in [-0.2, 0) is 14.8 Å². The Bertz CT molecular complexity index is 565. The lowest BCUT2D eigenvalue weighted by Crippen LogP contribution is -2.34. The summed E-state index contributed by atoms with van der Waals surface area (Å²) in [6.07, 6.45) is 1.79. The highest BCUT2D eigenvalue weighted by atomic mass is 32.2. The first kappa shape index (κ1) is 14.8. The molecular formula is C12H17N3O4S. The predicted octanol–water partition coefficient (Wildman–Crippen LogP) is -0.160. The fourth-order valence-electron chi connectivity index (χ4n) is 1.98. The second-order valence-corrected chi connectivity index (χ2v) is 6.38. The zero-order valence-electron chi connectivity index (χ0n) is 10.9. The number of rotatable bonds is 5. The molecule has 0 unspecified atom stereocenters. The minimum atomic E-state index is -3.41. The molecule has 1 aliphatic rings. The van der Waals surface area contributed by atoms with Crippen LogP contribution < -0.4 is 16.0 Å². The molecule has 20 heavy (non-hydrogen) atoms. The molecule has 1 aliphatic heterocycles. The van der Waals surface area contributed by atoms with Crippen molar-refractivity contribution in [3.05, 3.63) is 24.3 Å². The summed E-state index contributed by atoms with van der Waals surface area (Å²) in [6, 6.07) is 5.99. The number of benzene rings is 1. The number of carbonyl (C=O) groups is 1. The van der Waals surface area contributed by atoms with E-state index in [0.717, 1.165) is 12.8 Å². The van der Waals surface area contributed by atoms with Gasteiger partial charge in [-0.05, 0) is 37.1 Å². The predicted molar refractivity (Wildman–Crippen MR) is 72.3 cm³/mol. The van der Waals surface area contributed by atoms with Crippen molar-refractivity contribution in [2.24, 2.45) is 5.84 Å². The molecule has 3 N–H and O–H groups in total. The Morgan fingerprint density at radius 1 is 1.25 bits per heavy atom. The summed E-state index contributed by atoms with van der Waals surface area (Å²) in [4.78, 5) is 11.2. The van der Waals surface area contributed by atoms with Crippen LogP contribution in [0.1, 0.15) is 12.8 Å². The van der Waals surface area contributed by atoms with Crippen LogP contribution in [0.5, 0.6) is 5.75 Å². The van der Waals surface area contributed by atoms with Crippen molar-refractivity contribution in [2.75, 3.05) is 19.7 Å². The molecule has 0 aromatic heterocycles. The van der Waals surface area contributed by atoms with Gasteiger partial charge < -0.3 is 4.74 Å². The van der Waals surface area contributed by atoms with E-state index >= 15 is 0 Å². The Kier molecular flexibility index (Phi) is 4.58. The molecule has 1 fully saturated rings. The molecule has 0 bridgehead atoms. The molecule has 1 heterocycles. The maximum Gasteiger partial charge on any atom is 0.271 e. The lowest BCUT2D eigenvalue weighted by molar-refractivity contribution is -0.123. The highest BCUT2D eigenvalue weighted by molar-refractivity contribution is 7.89. The zero-order chi connectivity index (χ0) is 14.6. The van der Waals surface area contributed by atoms with Gasteiger partial charge in [-0.2, -0.15) is 4.31 Å². The van der Waals surface area contributed by atoms with E-state index in [2.05, 4.69) is 0 Å². The van der Waals surface area contributed by atoms with Crippen LogP contribution in [0, 0.1) is 0 Å². The normalized spacial score (nSPS) is 16.1. The van der Waals surface area contributed by atoms with Gasteiger partial charge in [0.1, 0.15) is 5.75 Å². The van der Waals surface area contributed by atoms with E-state index in [1.54, 1.807) is 0 Å². The van der Waals surface area contributed by atoms with Gasteiger partial charge in [0.05, 0.1) is 4.90 Å². The number of nitrogens with one attached hydrogen (secondary N) is 1. The molecule has 0 saturated carbocycles. The number of hydrogen-bond donors (Lipinski definition) is 2. The first-order chi connectivity index (χ1) is 9.54. The first-order valence-electron chi connectivity index (χ1n) is 6.26. The zero-order valence-corrected chi connectivity index (χ0v) is 11.7. The number of nitrogens with zero attached hydrogens (tertiary/aromatic N) is 1. The Balaban J connectivity index is 2.06. The van der Waals surface area contributed by atoms with Crippen LogP contribution in [0.3, 0.4) is 0 Å². The van der Waals surface area contributed by atoms with Crippen LogP contribution >= 0.6 is 0 Å². The number of sulfonamides is 1. The highest BCUT2D eigenvalue weighted by Crippen LogP contribution is 2.22. The summed E-state index contributed by atoms with van der Waals surface area (Å²) >= 11 is 0. The maximum absolute atomic E-state index is 12.3. The van der Waals surface area contributed by atoms with Gasteiger partial charge in [0.2, 0.25) is 10.0 Å². The van der Waals surface area contributed by atoms with Gasteiger partial charge in [-0.3, -0.25) is 10.2 Å². The Morgan fingerprint density at radius 3 is 2.40 bits per heavy atom. The van der Waals surface area contributed by atoms with Crippen molar-refractivity contribution >= 4 is 15.9 Å². The van der Waals surface area contributed by atoms with Crippen LogP contribution in [0.15, 0.2) is 29.2 Å². The van der Waals surface area contributed by atoms with E-state index in [4.69, 9.17) is 10.6 Å². The number of hydrogen-bond acceptors (Lipinski definition) is 5. The van der Waals surface area contributed by atoms with E-state index < -0.39 is 15.9 Å². The van der Waals surface area contributed by atoms with Crippen molar-refractivity contribution in [2.45, 2.75) is 17.7 Å². The summed E-state index contributed by atoms with van der Waals surface area (Å²) in [7, 11) is -3.41. The highest BCUT2D eigenvalue weighted by Gasteiger charge is 2.26. The molecule has 8 heteroatoms. The van der Waals surface area contributed by atoms with Crippen LogP contribution in [0.25, 0.3) is 0 Å². The third-order valence-electron chi connectivity index (χ3n) is 3.06. The molecule has 0 atom stereocenters. The number of nitrogens with two attached hydrogens (primary N) is 1. The topological polar surface area (TPSA) is 102 Å². The summed E-state index contributed by atoms with van der Waals surface area (Å²) in [5, 5.41) is 0. The SMILES string of the molecule is NNC(=O)COc1ccc(S(=O)(=O)N2CCCC2)cc1. The largest absolute Gasteiger partial charge is 0.484 e. The number of carbonyl (C=O) groups excluding carboxylic acids is 1. The Labute approximate surface area is 117 Å². The van der Waals surface area contributed by atoms with Gasteiger partial charge in [-0.15, -0.1) is 0 Å². The summed E-state index contributed by atoms with van der Waals surface area (Å²) < 4.78 is 31.2. The molecule has 1 aromatic rings. The van der Waals surface area contributed by atoms with E-state index in [1.165, 1.54) is 28.6 Å². The van der Waals surface area contributed by atoms with Crippen molar-refractivity contribution in [1.82, 2.24) is 9.73 Å². The maximum atomic E-state index is 12.3. The molecule has 7 nitrogen and oxygen atoms in total. The average molecular weight is 299 g/mol. The quantitative estimate of drug-likeness (QED) is 0.447. The summed E-state index contributed by atoms with van der Waals surface area (Å²) in [5.41, 5.74) is 1.94. The Morgan fingerprint density at radius 2 is 1.85 bits per heavy atom. The number of ether oxygens (including phenoxy) is 1. The summed E-state index contributed by atoms with van der Waals surface area (Å²) in [6.45, 7) is 0.920. The minimum Gasteiger partial charge on any atom is -0.484 e. The van der Waals surface area contributed by atoms with Crippen molar-refractivity contribution < 1.29 is 17.9 Å². The molecule has 1 saturated heterocycles. The van der Waals surface area contributed by atoms with Crippen LogP contribution in [-0.4, -0.2) is 38.3 Å². The standard InChI is InChI=1S/C12H17N3O4S/c13-14-12(16)9-19-10-3-5-11(6-4-10)20(17,18)15-7-1-2-8-15/h3-6H,1-2,7-9,13H2,(H,14,16). The smallest absolute Gasteiger partial charge is 0.271 e. The third kappa shape index (κ3) is 3.27. The van der Waals surface area contributed by atoms with Gasteiger partial charge in [0, 0.05) is 13.1 Å². The Hall–Kier alpha value is -1.64. The summed E-state index contributed by atoms with van der Waals surface area (Å²) in [5.74, 6) is 4.87. The van der Waals surface area contributed by atoms with Crippen molar-refractivity contribution in [3.63, 3.8) is 0 Å². The second kappa shape index (κ2) is 6.21. The van der Waals surface area contributed by atoms with E-state index in [0.29, 0.717) is 18.8 Å². The molecule has 0 aliphatic carbocycles. The second-order valence-electron chi connectivity index (χ2n) is 4.44. The van der Waals surface area contributed by atoms with Crippen molar-refractivity contribution in [3.8, 4) is 5.75 Å². The first-order valence-corrected chi connectivity index (χ1v) is 7.70. The van der Waals surface area contributed by atoms with Gasteiger partial charge in [0.25, 0.3) is 5.91 Å². The molecule has 1 aromatic carbocycles. The van der Waals surface area contributed by atoms with E-state index in [-0.39, 0.29) is 11.5 Å². The van der Waals surface area contributed by atoms with Gasteiger partial charge in [0.15, 0.2) is 6.61 Å². The molecule has 2 rings (SSSR count). The van der Waals surface area contributed by atoms with Crippen molar-refractivity contribution in [1.29, 1.82) is 0 Å². The van der Waals surface area contributed by atoms with Gasteiger partial charge in [-0.25, -0.2) is 14.3 Å². The van der Waals surface area contributed by atoms with E-state index in [1.807, 2.05) is 5.43 Å². The molecule has 1 amide bonds. The average Bonchev–Trinajstić information content (AvgIpc) is 3.00.